The van der Waals surface area contributed by atoms with E-state index in [1.165, 1.54) is 35.7 Å². The normalized spacial score (nSPS) is 16.3. The summed E-state index contributed by atoms with van der Waals surface area (Å²) in [4.78, 5) is 24.8. The Labute approximate surface area is 193 Å². The number of hydrogen-bond acceptors (Lipinski definition) is 5. The van der Waals surface area contributed by atoms with Crippen molar-refractivity contribution in [2.24, 2.45) is 5.92 Å². The number of piperidine rings is 1. The zero-order chi connectivity index (χ0) is 23.3. The number of sulfonamides is 1. The summed E-state index contributed by atoms with van der Waals surface area (Å²) in [5, 5.41) is 3.36. The predicted octanol–water partition coefficient (Wildman–Crippen LogP) is 3.79. The van der Waals surface area contributed by atoms with Gasteiger partial charge in [0.2, 0.25) is 10.0 Å². The minimum absolute atomic E-state index is 0.0519. The highest BCUT2D eigenvalue weighted by molar-refractivity contribution is 7.89. The van der Waals surface area contributed by atoms with Crippen molar-refractivity contribution in [1.29, 1.82) is 0 Å². The Bertz CT molecular complexity index is 1050. The number of amides is 1. The van der Waals surface area contributed by atoms with E-state index in [0.29, 0.717) is 35.2 Å². The number of hydrogen-bond donors (Lipinski definition) is 1. The van der Waals surface area contributed by atoms with Crippen LogP contribution >= 0.6 is 11.6 Å². The van der Waals surface area contributed by atoms with Crippen molar-refractivity contribution >= 4 is 33.5 Å². The maximum atomic E-state index is 12.9. The molecular formula is C23H27ClN2O5S. The molecular weight excluding hydrogens is 452 g/mol. The highest BCUT2D eigenvalue weighted by Gasteiger charge is 2.28. The van der Waals surface area contributed by atoms with Gasteiger partial charge in [-0.3, -0.25) is 9.59 Å². The lowest BCUT2D eigenvalue weighted by atomic mass is 10.0. The molecule has 1 fully saturated rings. The van der Waals surface area contributed by atoms with Crippen LogP contribution in [0.4, 0.5) is 0 Å². The minimum atomic E-state index is -3.59. The quantitative estimate of drug-likeness (QED) is 0.611. The summed E-state index contributed by atoms with van der Waals surface area (Å²) in [6.45, 7) is 3.12. The zero-order valence-electron chi connectivity index (χ0n) is 18.1. The van der Waals surface area contributed by atoms with Crippen molar-refractivity contribution in [3.63, 3.8) is 0 Å². The van der Waals surface area contributed by atoms with Gasteiger partial charge in [0.05, 0.1) is 24.5 Å². The minimum Gasteiger partial charge on any atom is -0.469 e. The van der Waals surface area contributed by atoms with Gasteiger partial charge >= 0.3 is 5.97 Å². The highest BCUT2D eigenvalue weighted by Crippen LogP contribution is 2.24. The Kier molecular flexibility index (Phi) is 7.92. The van der Waals surface area contributed by atoms with Gasteiger partial charge in [-0.1, -0.05) is 30.7 Å². The summed E-state index contributed by atoms with van der Waals surface area (Å²) in [6, 6.07) is 12.0. The Morgan fingerprint density at radius 3 is 2.25 bits per heavy atom. The number of methoxy groups -OCH3 is 1. The van der Waals surface area contributed by atoms with Crippen LogP contribution in [0.25, 0.3) is 0 Å². The van der Waals surface area contributed by atoms with Crippen molar-refractivity contribution in [3.8, 4) is 0 Å². The number of rotatable bonds is 7. The molecule has 1 aliphatic rings. The van der Waals surface area contributed by atoms with E-state index in [4.69, 9.17) is 16.3 Å². The van der Waals surface area contributed by atoms with Crippen molar-refractivity contribution in [2.45, 2.75) is 37.1 Å². The summed E-state index contributed by atoms with van der Waals surface area (Å²) < 4.78 is 32.0. The fourth-order valence-electron chi connectivity index (χ4n) is 3.59. The average Bonchev–Trinajstić information content (AvgIpc) is 2.79. The third-order valence-corrected chi connectivity index (χ3v) is 7.84. The second-order valence-electron chi connectivity index (χ2n) is 7.97. The number of esters is 1. The average molecular weight is 479 g/mol. The van der Waals surface area contributed by atoms with Crippen LogP contribution < -0.4 is 5.32 Å². The van der Waals surface area contributed by atoms with E-state index in [0.717, 1.165) is 12.8 Å². The molecule has 1 atom stereocenters. The zero-order valence-corrected chi connectivity index (χ0v) is 19.7. The van der Waals surface area contributed by atoms with Crippen molar-refractivity contribution in [2.75, 3.05) is 20.2 Å². The Morgan fingerprint density at radius 2 is 1.69 bits per heavy atom. The fraction of sp³-hybridized carbons (Fsp3) is 0.391. The first-order chi connectivity index (χ1) is 15.2. The van der Waals surface area contributed by atoms with Gasteiger partial charge in [-0.2, -0.15) is 4.31 Å². The molecule has 9 heteroatoms. The molecule has 0 saturated carbocycles. The first kappa shape index (κ1) is 24.2. The molecule has 7 nitrogen and oxygen atoms in total. The number of nitrogens with zero attached hydrogens (tertiary/aromatic N) is 1. The van der Waals surface area contributed by atoms with E-state index in [-0.39, 0.29) is 11.3 Å². The second-order valence-corrected chi connectivity index (χ2v) is 10.3. The number of halogens is 1. The summed E-state index contributed by atoms with van der Waals surface area (Å²) in [5.41, 5.74) is 0.992. The molecule has 1 unspecified atom stereocenters. The largest absolute Gasteiger partial charge is 0.469 e. The van der Waals surface area contributed by atoms with Crippen LogP contribution in [0.5, 0.6) is 0 Å². The Hall–Kier alpha value is -2.42. The number of ether oxygens (including phenoxy) is 1. The van der Waals surface area contributed by atoms with E-state index in [1.54, 1.807) is 24.3 Å². The number of benzene rings is 2. The number of nitrogens with one attached hydrogen (secondary N) is 1. The summed E-state index contributed by atoms with van der Waals surface area (Å²) in [5.74, 6) is -0.377. The van der Waals surface area contributed by atoms with Crippen molar-refractivity contribution in [1.82, 2.24) is 9.62 Å². The smallest absolute Gasteiger partial charge is 0.307 e. The van der Waals surface area contributed by atoms with Crippen LogP contribution in [0.2, 0.25) is 5.02 Å². The molecule has 1 aliphatic heterocycles. The monoisotopic (exact) mass is 478 g/mol. The molecule has 1 amide bonds. The molecule has 0 aliphatic carbocycles. The first-order valence-corrected chi connectivity index (χ1v) is 12.3. The van der Waals surface area contributed by atoms with Gasteiger partial charge in [-0.15, -0.1) is 0 Å². The van der Waals surface area contributed by atoms with E-state index in [1.807, 2.05) is 0 Å². The van der Waals surface area contributed by atoms with Crippen molar-refractivity contribution in [3.05, 3.63) is 64.7 Å². The first-order valence-electron chi connectivity index (χ1n) is 10.4. The van der Waals surface area contributed by atoms with Gasteiger partial charge in [0.15, 0.2) is 0 Å². The van der Waals surface area contributed by atoms with Crippen LogP contribution in [0.3, 0.4) is 0 Å². The van der Waals surface area contributed by atoms with Crippen LogP contribution in [-0.4, -0.2) is 44.8 Å². The molecule has 2 aromatic rings. The van der Waals surface area contributed by atoms with E-state index >= 15 is 0 Å². The molecule has 1 N–H and O–H groups in total. The molecule has 0 bridgehead atoms. The molecule has 32 heavy (non-hydrogen) atoms. The maximum Gasteiger partial charge on any atom is 0.307 e. The van der Waals surface area contributed by atoms with Crippen LogP contribution in [0.1, 0.15) is 48.1 Å². The molecule has 0 spiro atoms. The van der Waals surface area contributed by atoms with E-state index in [9.17, 15) is 18.0 Å². The predicted molar refractivity (Wildman–Crippen MR) is 122 cm³/mol. The van der Waals surface area contributed by atoms with Gasteiger partial charge < -0.3 is 10.1 Å². The molecule has 1 heterocycles. The number of carbonyl (C=O) groups is 2. The Morgan fingerprint density at radius 1 is 1.09 bits per heavy atom. The topological polar surface area (TPSA) is 92.8 Å². The summed E-state index contributed by atoms with van der Waals surface area (Å²) in [6.07, 6.45) is 1.63. The third-order valence-electron chi connectivity index (χ3n) is 5.67. The van der Waals surface area contributed by atoms with Gasteiger partial charge in [-0.25, -0.2) is 8.42 Å². The van der Waals surface area contributed by atoms with Crippen molar-refractivity contribution < 1.29 is 22.7 Å². The summed E-state index contributed by atoms with van der Waals surface area (Å²) >= 11 is 5.93. The van der Waals surface area contributed by atoms with Gasteiger partial charge in [0.1, 0.15) is 0 Å². The molecule has 0 radical (unpaired) electrons. The highest BCUT2D eigenvalue weighted by atomic mass is 35.5. The fourth-order valence-corrected chi connectivity index (χ4v) is 5.19. The number of carbonyl (C=O) groups excluding carboxylic acids is 2. The van der Waals surface area contributed by atoms with E-state index in [2.05, 4.69) is 12.2 Å². The van der Waals surface area contributed by atoms with E-state index < -0.39 is 27.9 Å². The van der Waals surface area contributed by atoms with Crippen LogP contribution in [0, 0.1) is 5.92 Å². The molecule has 2 aromatic carbocycles. The van der Waals surface area contributed by atoms with Crippen LogP contribution in [0.15, 0.2) is 53.4 Å². The molecule has 3 rings (SSSR count). The lowest BCUT2D eigenvalue weighted by molar-refractivity contribution is -0.141. The lowest BCUT2D eigenvalue weighted by Crippen LogP contribution is -2.37. The second kappa shape index (κ2) is 10.5. The lowest BCUT2D eigenvalue weighted by Gasteiger charge is -2.29. The molecule has 1 saturated heterocycles. The van der Waals surface area contributed by atoms with Gasteiger partial charge in [-0.05, 0) is 60.7 Å². The third kappa shape index (κ3) is 5.88. The van der Waals surface area contributed by atoms with Gasteiger partial charge in [0.25, 0.3) is 5.91 Å². The SMILES string of the molecule is COC(=O)CC(NC(=O)c1ccc(S(=O)(=O)N2CCC(C)CC2)cc1)c1ccc(Cl)cc1. The molecule has 172 valence electrons. The summed E-state index contributed by atoms with van der Waals surface area (Å²) in [7, 11) is -2.31. The van der Waals surface area contributed by atoms with Gasteiger partial charge in [0, 0.05) is 23.7 Å². The standard InChI is InChI=1S/C23H27ClN2O5S/c1-16-11-13-26(14-12-16)32(29,30)20-9-5-18(6-10-20)23(28)25-21(15-22(27)31-2)17-3-7-19(24)8-4-17/h3-10,16,21H,11-15H2,1-2H3,(H,25,28). The maximum absolute atomic E-state index is 12.9. The Balaban J connectivity index is 1.74. The van der Waals surface area contributed by atoms with Crippen LogP contribution in [-0.2, 0) is 19.6 Å². The molecule has 0 aromatic heterocycles.